The van der Waals surface area contributed by atoms with Crippen molar-refractivity contribution in [1.29, 1.82) is 0 Å². The summed E-state index contributed by atoms with van der Waals surface area (Å²) in [4.78, 5) is 32.1. The molecule has 1 fully saturated rings. The number of benzene rings is 1. The maximum Gasteiger partial charge on any atom is 0.243 e. The maximum atomic E-state index is 13.5. The lowest BCUT2D eigenvalue weighted by Crippen LogP contribution is -2.48. The molecular weight excluding hydrogens is 436 g/mol. The summed E-state index contributed by atoms with van der Waals surface area (Å²) >= 11 is 0. The molecule has 0 radical (unpaired) electrons. The van der Waals surface area contributed by atoms with Gasteiger partial charge in [-0.25, -0.2) is 4.98 Å². The van der Waals surface area contributed by atoms with Crippen molar-refractivity contribution in [2.75, 3.05) is 6.54 Å². The van der Waals surface area contributed by atoms with E-state index in [1.807, 2.05) is 45.0 Å². The molecule has 3 heterocycles. The van der Waals surface area contributed by atoms with Gasteiger partial charge in [-0.1, -0.05) is 43.3 Å². The molecule has 2 N–H and O–H groups in total. The minimum Gasteiger partial charge on any atom is -0.444 e. The van der Waals surface area contributed by atoms with Crippen LogP contribution in [0.15, 0.2) is 51.9 Å². The Bertz CT molecular complexity index is 1120. The van der Waals surface area contributed by atoms with Crippen molar-refractivity contribution in [2.45, 2.75) is 58.2 Å². The second kappa shape index (κ2) is 9.80. The molecule has 0 spiro atoms. The Kier molecular flexibility index (Phi) is 6.83. The number of aliphatic hydroxyl groups is 1. The number of nitrogens with zero attached hydrogens (tertiary/aromatic N) is 3. The molecule has 1 aliphatic heterocycles. The third-order valence-electron chi connectivity index (χ3n) is 6.24. The fraction of sp³-hybridized carbons (Fsp3) is 0.440. The van der Waals surface area contributed by atoms with Crippen LogP contribution in [0.5, 0.6) is 0 Å². The Hall–Kier alpha value is -3.46. The first-order valence-electron chi connectivity index (χ1n) is 11.5. The van der Waals surface area contributed by atoms with E-state index in [9.17, 15) is 14.7 Å². The molecule has 0 unspecified atom stereocenters. The first kappa shape index (κ1) is 23.7. The number of β-amino-alcohol motifs (C(OH)–C–C–N with tert-alkyl or cyclic N) is 1. The van der Waals surface area contributed by atoms with Gasteiger partial charge in [0.25, 0.3) is 0 Å². The number of hydrogen-bond donors (Lipinski definition) is 2. The summed E-state index contributed by atoms with van der Waals surface area (Å²) in [6.45, 7) is 7.63. The standard InChI is InChI=1S/C25H30N4O5/c1-14(2)23(21-9-15(3)28-34-21)25(32)29-12-19(30)10-20(29)24(31)27-16(4)17-5-7-18(8-6-17)22-11-26-13-33-22/h5-9,11,13-14,16,19-20,23,30H,10,12H2,1-4H3,(H,27,31)/t16-,19+,20-,23+/m0/s1. The van der Waals surface area contributed by atoms with Gasteiger partial charge in [0.1, 0.15) is 17.7 Å². The lowest BCUT2D eigenvalue weighted by molar-refractivity contribution is -0.141. The number of aliphatic hydroxyl groups excluding tert-OH is 1. The van der Waals surface area contributed by atoms with Crippen molar-refractivity contribution in [3.63, 3.8) is 0 Å². The maximum absolute atomic E-state index is 13.5. The molecule has 4 rings (SSSR count). The lowest BCUT2D eigenvalue weighted by atomic mass is 9.91. The molecule has 2 aromatic heterocycles. The van der Waals surface area contributed by atoms with E-state index in [4.69, 9.17) is 8.94 Å². The average molecular weight is 467 g/mol. The predicted molar refractivity (Wildman–Crippen MR) is 123 cm³/mol. The monoisotopic (exact) mass is 466 g/mol. The van der Waals surface area contributed by atoms with Crippen LogP contribution >= 0.6 is 0 Å². The zero-order valence-electron chi connectivity index (χ0n) is 19.8. The van der Waals surface area contributed by atoms with E-state index >= 15 is 0 Å². The molecule has 0 bridgehead atoms. The van der Waals surface area contributed by atoms with Gasteiger partial charge in [0.2, 0.25) is 11.8 Å². The van der Waals surface area contributed by atoms with Crippen LogP contribution in [-0.2, 0) is 9.59 Å². The number of aromatic nitrogens is 2. The minimum atomic E-state index is -0.763. The van der Waals surface area contributed by atoms with Crippen molar-refractivity contribution in [3.05, 3.63) is 59.9 Å². The second-order valence-electron chi connectivity index (χ2n) is 9.21. The van der Waals surface area contributed by atoms with E-state index < -0.39 is 18.1 Å². The second-order valence-corrected chi connectivity index (χ2v) is 9.21. The quantitative estimate of drug-likeness (QED) is 0.548. The lowest BCUT2D eigenvalue weighted by Gasteiger charge is -2.29. The highest BCUT2D eigenvalue weighted by atomic mass is 16.5. The van der Waals surface area contributed by atoms with Gasteiger partial charge in [0, 0.05) is 24.6 Å². The number of oxazole rings is 1. The van der Waals surface area contributed by atoms with E-state index in [0.29, 0.717) is 17.2 Å². The fourth-order valence-corrected chi connectivity index (χ4v) is 4.44. The molecule has 34 heavy (non-hydrogen) atoms. The molecule has 1 aliphatic rings. The molecule has 2 amide bonds. The highest BCUT2D eigenvalue weighted by molar-refractivity contribution is 5.91. The molecular formula is C25H30N4O5. The summed E-state index contributed by atoms with van der Waals surface area (Å²) < 4.78 is 10.7. The number of carbonyl (C=O) groups excluding carboxylic acids is 2. The van der Waals surface area contributed by atoms with Gasteiger partial charge in [-0.3, -0.25) is 9.59 Å². The van der Waals surface area contributed by atoms with Crippen LogP contribution in [0, 0.1) is 12.8 Å². The first-order valence-corrected chi connectivity index (χ1v) is 11.5. The van der Waals surface area contributed by atoms with Crippen molar-refractivity contribution in [3.8, 4) is 11.3 Å². The van der Waals surface area contributed by atoms with E-state index in [1.54, 1.807) is 19.2 Å². The Balaban J connectivity index is 1.47. The number of aryl methyl sites for hydroxylation is 1. The normalized spacial score (nSPS) is 19.9. The van der Waals surface area contributed by atoms with Crippen LogP contribution in [0.2, 0.25) is 0 Å². The summed E-state index contributed by atoms with van der Waals surface area (Å²) in [5.74, 6) is -0.0527. The van der Waals surface area contributed by atoms with Crippen molar-refractivity contribution in [2.24, 2.45) is 5.92 Å². The summed E-state index contributed by atoms with van der Waals surface area (Å²) in [5.41, 5.74) is 2.48. The first-order chi connectivity index (χ1) is 16.2. The van der Waals surface area contributed by atoms with Crippen LogP contribution in [0.25, 0.3) is 11.3 Å². The largest absolute Gasteiger partial charge is 0.444 e. The van der Waals surface area contributed by atoms with Crippen LogP contribution in [-0.4, -0.2) is 50.7 Å². The molecule has 9 nitrogen and oxygen atoms in total. The molecule has 4 atom stereocenters. The van der Waals surface area contributed by atoms with Crippen molar-refractivity contribution < 1.29 is 23.6 Å². The zero-order chi connectivity index (χ0) is 24.4. The highest BCUT2D eigenvalue weighted by Crippen LogP contribution is 2.31. The molecule has 1 aromatic carbocycles. The summed E-state index contributed by atoms with van der Waals surface area (Å²) in [5, 5.41) is 17.2. The Morgan fingerprint density at radius 1 is 1.21 bits per heavy atom. The third kappa shape index (κ3) is 4.89. The number of hydrogen-bond acceptors (Lipinski definition) is 7. The highest BCUT2D eigenvalue weighted by Gasteiger charge is 2.43. The van der Waals surface area contributed by atoms with Crippen LogP contribution < -0.4 is 5.32 Å². The summed E-state index contributed by atoms with van der Waals surface area (Å²) in [6, 6.07) is 8.33. The van der Waals surface area contributed by atoms with Gasteiger partial charge in [-0.05, 0) is 25.3 Å². The Morgan fingerprint density at radius 2 is 1.94 bits per heavy atom. The Labute approximate surface area is 198 Å². The number of rotatable bonds is 7. The zero-order valence-corrected chi connectivity index (χ0v) is 19.8. The van der Waals surface area contributed by atoms with E-state index in [1.165, 1.54) is 11.3 Å². The smallest absolute Gasteiger partial charge is 0.243 e. The average Bonchev–Trinajstić information content (AvgIpc) is 3.55. The van der Waals surface area contributed by atoms with Gasteiger partial charge in [-0.2, -0.15) is 0 Å². The Morgan fingerprint density at radius 3 is 2.53 bits per heavy atom. The van der Waals surface area contributed by atoms with E-state index in [2.05, 4.69) is 15.5 Å². The van der Waals surface area contributed by atoms with Gasteiger partial charge >= 0.3 is 0 Å². The van der Waals surface area contributed by atoms with Crippen LogP contribution in [0.1, 0.15) is 56.2 Å². The molecule has 1 saturated heterocycles. The minimum absolute atomic E-state index is 0.0666. The van der Waals surface area contributed by atoms with Crippen LogP contribution in [0.4, 0.5) is 0 Å². The SMILES string of the molecule is Cc1cc([C@H](C(=O)N2C[C@H](O)C[C@H]2C(=O)N[C@@H](C)c2ccc(-c3cnco3)cc2)C(C)C)on1. The van der Waals surface area contributed by atoms with Crippen LogP contribution in [0.3, 0.4) is 0 Å². The van der Waals surface area contributed by atoms with Gasteiger partial charge in [0.05, 0.1) is 24.0 Å². The third-order valence-corrected chi connectivity index (χ3v) is 6.24. The summed E-state index contributed by atoms with van der Waals surface area (Å²) in [7, 11) is 0. The molecule has 0 saturated carbocycles. The van der Waals surface area contributed by atoms with E-state index in [-0.39, 0.29) is 36.7 Å². The fourth-order valence-electron chi connectivity index (χ4n) is 4.44. The van der Waals surface area contributed by atoms with Gasteiger partial charge < -0.3 is 24.3 Å². The van der Waals surface area contributed by atoms with E-state index in [0.717, 1.165) is 11.1 Å². The van der Waals surface area contributed by atoms with Crippen molar-refractivity contribution in [1.82, 2.24) is 20.4 Å². The number of nitrogens with one attached hydrogen (secondary N) is 1. The number of likely N-dealkylation sites (tertiary alicyclic amines) is 1. The molecule has 0 aliphatic carbocycles. The molecule has 9 heteroatoms. The molecule has 180 valence electrons. The van der Waals surface area contributed by atoms with Crippen molar-refractivity contribution >= 4 is 11.8 Å². The topological polar surface area (TPSA) is 122 Å². The predicted octanol–water partition coefficient (Wildman–Crippen LogP) is 3.22. The van der Waals surface area contributed by atoms with Gasteiger partial charge in [-0.15, -0.1) is 0 Å². The molecule has 3 aromatic rings. The van der Waals surface area contributed by atoms with Gasteiger partial charge in [0.15, 0.2) is 12.2 Å². The summed E-state index contributed by atoms with van der Waals surface area (Å²) in [6.07, 6.45) is 2.44. The number of carbonyl (C=O) groups is 2. The number of amides is 2.